The molecule has 0 saturated heterocycles. The van der Waals surface area contributed by atoms with E-state index >= 15 is 0 Å². The molecule has 2 aliphatic heterocycles. The van der Waals surface area contributed by atoms with Crippen molar-refractivity contribution in [1.29, 1.82) is 0 Å². The van der Waals surface area contributed by atoms with Crippen LogP contribution in [0.1, 0.15) is 18.4 Å². The van der Waals surface area contributed by atoms with Crippen molar-refractivity contribution in [3.63, 3.8) is 0 Å². The summed E-state index contributed by atoms with van der Waals surface area (Å²) in [5, 5.41) is 19.5. The van der Waals surface area contributed by atoms with E-state index in [1.165, 1.54) is 18.9 Å². The fourth-order valence-electron chi connectivity index (χ4n) is 3.58. The molecule has 204 valence electrons. The van der Waals surface area contributed by atoms with Crippen molar-refractivity contribution in [3.8, 4) is 5.75 Å². The van der Waals surface area contributed by atoms with Gasteiger partial charge in [-0.25, -0.2) is 0 Å². The number of oxime groups is 1. The topological polar surface area (TPSA) is 101 Å². The number of carbonyl (C=O) groups excluding carboxylic acids is 1. The summed E-state index contributed by atoms with van der Waals surface area (Å²) in [6, 6.07) is 4.12. The molecule has 0 aliphatic carbocycles. The van der Waals surface area contributed by atoms with Crippen LogP contribution in [-0.4, -0.2) is 75.9 Å². The van der Waals surface area contributed by atoms with E-state index in [1.54, 1.807) is 0 Å². The Morgan fingerprint density at radius 1 is 1.24 bits per heavy atom. The first-order valence-corrected chi connectivity index (χ1v) is 14.6. The fraction of sp³-hybridized carbons (Fsp3) is 0.500. The third-order valence-electron chi connectivity index (χ3n) is 5.59. The summed E-state index contributed by atoms with van der Waals surface area (Å²) in [5.74, 6) is -1.13. The Labute approximate surface area is 250 Å². The van der Waals surface area contributed by atoms with Gasteiger partial charge in [0.15, 0.2) is 0 Å². The lowest BCUT2D eigenvalue weighted by molar-refractivity contribution is -0.870. The summed E-state index contributed by atoms with van der Waals surface area (Å²) >= 11 is 13.9. The molecule has 9 nitrogen and oxygen atoms in total. The summed E-state index contributed by atoms with van der Waals surface area (Å²) in [7, 11) is 7.98. The van der Waals surface area contributed by atoms with Gasteiger partial charge in [0.2, 0.25) is 0 Å². The number of hydrogen-bond acceptors (Lipinski definition) is 7. The molecular formula is C24H29Br4N3O6. The van der Waals surface area contributed by atoms with Crippen molar-refractivity contribution < 1.29 is 33.4 Å². The van der Waals surface area contributed by atoms with Crippen molar-refractivity contribution >= 4 is 75.3 Å². The largest absolute Gasteiger partial charge is 0.842 e. The number of likely N-dealkylation sites (N-methyl/N-ethyl adjacent to an activating group) is 1. The van der Waals surface area contributed by atoms with Crippen molar-refractivity contribution in [2.45, 2.75) is 31.2 Å². The maximum Gasteiger partial charge on any atom is 0.272 e. The van der Waals surface area contributed by atoms with Gasteiger partial charge >= 0.3 is 0 Å². The number of benzene rings is 1. The highest BCUT2D eigenvalue weighted by atomic mass is 79.9. The molecule has 1 aromatic rings. The lowest BCUT2D eigenvalue weighted by Gasteiger charge is -2.34. The van der Waals surface area contributed by atoms with Crippen LogP contribution >= 0.6 is 63.7 Å². The van der Waals surface area contributed by atoms with Crippen LogP contribution in [0, 0.1) is 0 Å². The van der Waals surface area contributed by atoms with Gasteiger partial charge in [-0.2, -0.15) is 0 Å². The van der Waals surface area contributed by atoms with Crippen LogP contribution in [0.15, 0.2) is 47.2 Å². The number of allylic oxidation sites excluding steroid dienone is 1. The molecule has 1 spiro atoms. The predicted octanol–water partition coefficient (Wildman–Crippen LogP) is 4.07. The summed E-state index contributed by atoms with van der Waals surface area (Å²) in [6.45, 7) is 1.67. The molecule has 2 aliphatic rings. The maximum atomic E-state index is 13.1. The van der Waals surface area contributed by atoms with Gasteiger partial charge in [-0.1, -0.05) is 21.1 Å². The van der Waals surface area contributed by atoms with Gasteiger partial charge in [0.1, 0.15) is 23.5 Å². The summed E-state index contributed by atoms with van der Waals surface area (Å²) in [5.41, 5.74) is 0.930. The lowest BCUT2D eigenvalue weighted by Crippen LogP contribution is -2.56. The number of nitrogens with one attached hydrogen (secondary N) is 1. The zero-order valence-electron chi connectivity index (χ0n) is 20.9. The average Bonchev–Trinajstić information content (AvgIpc) is 3.06. The highest BCUT2D eigenvalue weighted by Crippen LogP contribution is 2.40. The molecule has 0 fully saturated rings. The predicted molar refractivity (Wildman–Crippen MR) is 152 cm³/mol. The standard InChI is InChI=1S/C24H29Br4N3O6/c1-31(2,3)8-6-14-10-15(25)21(16(26)11-14)35-9-5-7-29-23(33)19-22(32)24(37-30-19)12-17(27)20(34-4)18(28)13-36-24/h10-11,13,22H,5-9,12H2,1-4H3,(H,29,33)/t22-,24-/m0/s1. The summed E-state index contributed by atoms with van der Waals surface area (Å²) in [4.78, 5) is 18.0. The van der Waals surface area contributed by atoms with Gasteiger partial charge in [-0.3, -0.25) is 4.79 Å². The number of halogens is 4. The van der Waals surface area contributed by atoms with Crippen LogP contribution in [0.5, 0.6) is 5.75 Å². The molecule has 0 bridgehead atoms. The zero-order chi connectivity index (χ0) is 27.4. The van der Waals surface area contributed by atoms with Gasteiger partial charge in [0, 0.05) is 23.6 Å². The highest BCUT2D eigenvalue weighted by Gasteiger charge is 2.48. The van der Waals surface area contributed by atoms with Gasteiger partial charge in [0.05, 0.1) is 61.3 Å². The van der Waals surface area contributed by atoms with E-state index in [0.717, 1.165) is 26.4 Å². The Bertz CT molecular complexity index is 1100. The minimum Gasteiger partial charge on any atom is -0.842 e. The lowest BCUT2D eigenvalue weighted by atomic mass is 10.0. The number of ether oxygens (including phenoxy) is 3. The van der Waals surface area contributed by atoms with Crippen molar-refractivity contribution in [2.24, 2.45) is 5.16 Å². The molecule has 0 aromatic heterocycles. The molecule has 1 amide bonds. The quantitative estimate of drug-likeness (QED) is 0.285. The third kappa shape index (κ3) is 7.72. The smallest absolute Gasteiger partial charge is 0.272 e. The Morgan fingerprint density at radius 2 is 1.92 bits per heavy atom. The number of amides is 1. The normalized spacial score (nSPS) is 21.6. The molecule has 0 saturated carbocycles. The van der Waals surface area contributed by atoms with Gasteiger partial charge in [0.25, 0.3) is 11.7 Å². The minimum atomic E-state index is -1.69. The van der Waals surface area contributed by atoms with E-state index in [0.29, 0.717) is 33.5 Å². The van der Waals surface area contributed by atoms with E-state index < -0.39 is 17.8 Å². The number of methoxy groups -OCH3 is 1. The van der Waals surface area contributed by atoms with Crippen molar-refractivity contribution in [2.75, 3.05) is 47.9 Å². The number of rotatable bonds is 10. The summed E-state index contributed by atoms with van der Waals surface area (Å²) < 4.78 is 20.5. The molecule has 0 radical (unpaired) electrons. The first kappa shape index (κ1) is 30.4. The van der Waals surface area contributed by atoms with Gasteiger partial charge in [-0.15, -0.1) is 0 Å². The molecule has 13 heteroatoms. The molecule has 3 rings (SSSR count). The number of nitrogens with zero attached hydrogens (tertiary/aromatic N) is 2. The van der Waals surface area contributed by atoms with Gasteiger partial charge < -0.3 is 34.0 Å². The van der Waals surface area contributed by atoms with E-state index in [9.17, 15) is 9.90 Å². The molecule has 1 aromatic carbocycles. The molecule has 2 heterocycles. The van der Waals surface area contributed by atoms with Crippen LogP contribution in [0.25, 0.3) is 0 Å². The van der Waals surface area contributed by atoms with E-state index in [-0.39, 0.29) is 18.7 Å². The first-order chi connectivity index (χ1) is 17.4. The van der Waals surface area contributed by atoms with Crippen LogP contribution in [0.2, 0.25) is 0 Å². The Balaban J connectivity index is 1.49. The van der Waals surface area contributed by atoms with Crippen molar-refractivity contribution in [3.05, 3.63) is 47.6 Å². The molecule has 1 N–H and O–H groups in total. The van der Waals surface area contributed by atoms with Crippen LogP contribution in [-0.2, 0) is 25.5 Å². The maximum absolute atomic E-state index is 13.1. The minimum absolute atomic E-state index is 0.0158. The first-order valence-electron chi connectivity index (χ1n) is 11.4. The number of quaternary nitrogens is 1. The zero-order valence-corrected chi connectivity index (χ0v) is 27.3. The second kappa shape index (κ2) is 12.8. The Morgan fingerprint density at radius 3 is 2.54 bits per heavy atom. The highest BCUT2D eigenvalue weighted by molar-refractivity contribution is 9.12. The monoisotopic (exact) mass is 771 g/mol. The SMILES string of the molecule is COC1=C(Br)C[C@]2(OC=C1Br)ON=C(C(=O)NCCCOc1c(Br)cc(CC[N+](C)(C)C)cc1Br)[C@@H]2[O-]. The molecule has 2 atom stereocenters. The van der Waals surface area contributed by atoms with Gasteiger partial charge in [-0.05, 0) is 71.9 Å². The number of hydrogen-bond donors (Lipinski definition) is 1. The van der Waals surface area contributed by atoms with E-state index in [4.69, 9.17) is 19.0 Å². The third-order valence-corrected chi connectivity index (χ3v) is 7.96. The second-order valence-electron chi connectivity index (χ2n) is 9.57. The van der Waals surface area contributed by atoms with Crippen molar-refractivity contribution in [1.82, 2.24) is 5.32 Å². The van der Waals surface area contributed by atoms with Crippen LogP contribution in [0.4, 0.5) is 0 Å². The van der Waals surface area contributed by atoms with E-state index in [1.807, 2.05) is 0 Å². The van der Waals surface area contributed by atoms with Crippen LogP contribution in [0.3, 0.4) is 0 Å². The van der Waals surface area contributed by atoms with Crippen LogP contribution < -0.4 is 15.2 Å². The summed E-state index contributed by atoms with van der Waals surface area (Å²) in [6.07, 6.45) is 1.13. The van der Waals surface area contributed by atoms with E-state index in [2.05, 4.69) is 107 Å². The average molecular weight is 775 g/mol. The Kier molecular flexibility index (Phi) is 10.5. The molecule has 0 unspecified atom stereocenters. The molecular weight excluding hydrogens is 746 g/mol. The second-order valence-corrected chi connectivity index (χ2v) is 13.1. The number of carbonyl (C=O) groups is 1. The Hall–Kier alpha value is -1.12. The fourth-order valence-corrected chi connectivity index (χ4v) is 6.62. The molecule has 37 heavy (non-hydrogen) atoms.